The molecule has 1 N–H and O–H groups in total. The third-order valence-electron chi connectivity index (χ3n) is 2.19. The molecule has 2 nitrogen and oxygen atoms in total. The highest BCUT2D eigenvalue weighted by Crippen LogP contribution is 2.19. The summed E-state index contributed by atoms with van der Waals surface area (Å²) in [4.78, 5) is 4.38. The van der Waals surface area contributed by atoms with Crippen LogP contribution in [-0.4, -0.2) is 12.0 Å². The zero-order valence-corrected chi connectivity index (χ0v) is 10.5. The summed E-state index contributed by atoms with van der Waals surface area (Å²) in [6.45, 7) is 0. The number of hydrogen-bond donors (Lipinski definition) is 1. The maximum atomic E-state index is 4.38. The molecule has 0 bridgehead atoms. The van der Waals surface area contributed by atoms with Crippen molar-refractivity contribution in [1.82, 2.24) is 4.98 Å². The lowest BCUT2D eigenvalue weighted by Crippen LogP contribution is -1.89. The third-order valence-corrected chi connectivity index (χ3v) is 2.91. The lowest BCUT2D eigenvalue weighted by atomic mass is 10.1. The van der Waals surface area contributed by atoms with Crippen molar-refractivity contribution in [3.63, 3.8) is 0 Å². The van der Waals surface area contributed by atoms with Crippen LogP contribution < -0.4 is 5.32 Å². The maximum absolute atomic E-state index is 4.38. The molecule has 0 amide bonds. The van der Waals surface area contributed by atoms with Crippen LogP contribution in [0.2, 0.25) is 0 Å². The van der Waals surface area contributed by atoms with Gasteiger partial charge in [-0.25, -0.2) is 0 Å². The van der Waals surface area contributed by atoms with Crippen molar-refractivity contribution in [1.29, 1.82) is 0 Å². The molecule has 1 aromatic heterocycles. The van der Waals surface area contributed by atoms with Crippen molar-refractivity contribution in [2.75, 3.05) is 12.4 Å². The number of benzene rings is 1. The molecule has 76 valence electrons. The molecule has 1 aromatic carbocycles. The second kappa shape index (κ2) is 4.61. The summed E-state index contributed by atoms with van der Waals surface area (Å²) in [7, 11) is 1.89. The van der Waals surface area contributed by atoms with Crippen LogP contribution in [-0.2, 0) is 0 Å². The molecule has 0 radical (unpaired) electrons. The second-order valence-corrected chi connectivity index (χ2v) is 4.43. The first-order valence-corrected chi connectivity index (χ1v) is 5.77. The van der Waals surface area contributed by atoms with Gasteiger partial charge in [0.25, 0.3) is 0 Å². The van der Waals surface area contributed by atoms with Gasteiger partial charge in [-0.05, 0) is 46.9 Å². The standard InChI is InChI=1S/C12H11IN2/c1-14-11-6-7-12(15-8-11)9-2-4-10(13)5-3-9/h2-8,14H,1H3. The van der Waals surface area contributed by atoms with E-state index in [9.17, 15) is 0 Å². The first-order chi connectivity index (χ1) is 7.29. The molecule has 0 saturated heterocycles. The molecule has 3 heteroatoms. The second-order valence-electron chi connectivity index (χ2n) is 3.19. The van der Waals surface area contributed by atoms with E-state index in [4.69, 9.17) is 0 Å². The Hall–Kier alpha value is -1.10. The van der Waals surface area contributed by atoms with Crippen LogP contribution in [0.3, 0.4) is 0 Å². The van der Waals surface area contributed by atoms with Gasteiger partial charge in [-0.3, -0.25) is 4.98 Å². The number of aromatic nitrogens is 1. The highest BCUT2D eigenvalue weighted by Gasteiger charge is 1.98. The number of hydrogen-bond acceptors (Lipinski definition) is 2. The maximum Gasteiger partial charge on any atom is 0.0703 e. The summed E-state index contributed by atoms with van der Waals surface area (Å²) in [6.07, 6.45) is 1.84. The molecule has 0 unspecified atom stereocenters. The van der Waals surface area contributed by atoms with Crippen LogP contribution in [0.4, 0.5) is 5.69 Å². The van der Waals surface area contributed by atoms with Crippen molar-refractivity contribution in [3.05, 3.63) is 46.2 Å². The van der Waals surface area contributed by atoms with E-state index in [0.29, 0.717) is 0 Å². The summed E-state index contributed by atoms with van der Waals surface area (Å²) in [5, 5.41) is 3.05. The predicted octanol–water partition coefficient (Wildman–Crippen LogP) is 3.39. The largest absolute Gasteiger partial charge is 0.387 e. The van der Waals surface area contributed by atoms with Gasteiger partial charge in [-0.1, -0.05) is 12.1 Å². The monoisotopic (exact) mass is 310 g/mol. The minimum atomic E-state index is 1.01. The summed E-state index contributed by atoms with van der Waals surface area (Å²) in [5.74, 6) is 0. The SMILES string of the molecule is CNc1ccc(-c2ccc(I)cc2)nc1. The molecule has 0 aliphatic heterocycles. The van der Waals surface area contributed by atoms with Crippen molar-refractivity contribution < 1.29 is 0 Å². The topological polar surface area (TPSA) is 24.9 Å². The van der Waals surface area contributed by atoms with E-state index in [-0.39, 0.29) is 0 Å². The molecule has 2 aromatic rings. The minimum absolute atomic E-state index is 1.01. The summed E-state index contributed by atoms with van der Waals surface area (Å²) < 4.78 is 1.24. The van der Waals surface area contributed by atoms with Crippen LogP contribution in [0, 0.1) is 3.57 Å². The summed E-state index contributed by atoms with van der Waals surface area (Å²) in [6, 6.07) is 12.4. The van der Waals surface area contributed by atoms with Gasteiger partial charge in [0.15, 0.2) is 0 Å². The molecule has 0 aliphatic rings. The molecule has 0 fully saturated rings. The Labute approximate surface area is 103 Å². The zero-order chi connectivity index (χ0) is 10.7. The van der Waals surface area contributed by atoms with E-state index in [2.05, 4.69) is 57.2 Å². The van der Waals surface area contributed by atoms with Gasteiger partial charge in [0.05, 0.1) is 17.6 Å². The Kier molecular flexibility index (Phi) is 3.20. The Bertz CT molecular complexity index is 434. The fourth-order valence-electron chi connectivity index (χ4n) is 1.33. The lowest BCUT2D eigenvalue weighted by Gasteiger charge is -2.03. The number of rotatable bonds is 2. The number of nitrogens with zero attached hydrogens (tertiary/aromatic N) is 1. The number of anilines is 1. The molecule has 15 heavy (non-hydrogen) atoms. The van der Waals surface area contributed by atoms with E-state index in [1.54, 1.807) is 0 Å². The molecule has 0 aliphatic carbocycles. The van der Waals surface area contributed by atoms with Gasteiger partial charge in [-0.15, -0.1) is 0 Å². The molecule has 2 rings (SSSR count). The number of pyridine rings is 1. The highest BCUT2D eigenvalue weighted by atomic mass is 127. The Balaban J connectivity index is 2.33. The van der Waals surface area contributed by atoms with Crippen LogP contribution in [0.15, 0.2) is 42.6 Å². The summed E-state index contributed by atoms with van der Waals surface area (Å²) >= 11 is 2.30. The smallest absolute Gasteiger partial charge is 0.0703 e. The quantitative estimate of drug-likeness (QED) is 0.860. The third kappa shape index (κ3) is 2.47. The van der Waals surface area contributed by atoms with Gasteiger partial charge < -0.3 is 5.32 Å². The molecule has 0 atom stereocenters. The first kappa shape index (κ1) is 10.4. The van der Waals surface area contributed by atoms with Crippen LogP contribution in [0.25, 0.3) is 11.3 Å². The highest BCUT2D eigenvalue weighted by molar-refractivity contribution is 14.1. The normalized spacial score (nSPS) is 10.0. The van der Waals surface area contributed by atoms with Gasteiger partial charge >= 0.3 is 0 Å². The van der Waals surface area contributed by atoms with Crippen molar-refractivity contribution in [2.45, 2.75) is 0 Å². The Morgan fingerprint density at radius 3 is 2.33 bits per heavy atom. The van der Waals surface area contributed by atoms with E-state index in [1.807, 2.05) is 25.4 Å². The van der Waals surface area contributed by atoms with Crippen molar-refractivity contribution >= 4 is 28.3 Å². The van der Waals surface area contributed by atoms with Crippen LogP contribution in [0.5, 0.6) is 0 Å². The van der Waals surface area contributed by atoms with Crippen LogP contribution >= 0.6 is 22.6 Å². The van der Waals surface area contributed by atoms with Crippen molar-refractivity contribution in [3.8, 4) is 11.3 Å². The lowest BCUT2D eigenvalue weighted by molar-refractivity contribution is 1.31. The van der Waals surface area contributed by atoms with Crippen LogP contribution in [0.1, 0.15) is 0 Å². The fraction of sp³-hybridized carbons (Fsp3) is 0.0833. The van der Waals surface area contributed by atoms with Gasteiger partial charge in [0.2, 0.25) is 0 Å². The Morgan fingerprint density at radius 2 is 1.80 bits per heavy atom. The molecular weight excluding hydrogens is 299 g/mol. The first-order valence-electron chi connectivity index (χ1n) is 4.69. The Morgan fingerprint density at radius 1 is 1.07 bits per heavy atom. The van der Waals surface area contributed by atoms with Gasteiger partial charge in [0, 0.05) is 16.2 Å². The molecule has 0 spiro atoms. The fourth-order valence-corrected chi connectivity index (χ4v) is 1.69. The summed E-state index contributed by atoms with van der Waals surface area (Å²) in [5.41, 5.74) is 3.19. The average Bonchev–Trinajstić information content (AvgIpc) is 2.30. The van der Waals surface area contributed by atoms with Gasteiger partial charge in [0.1, 0.15) is 0 Å². The van der Waals surface area contributed by atoms with E-state index in [0.717, 1.165) is 16.9 Å². The van der Waals surface area contributed by atoms with E-state index >= 15 is 0 Å². The van der Waals surface area contributed by atoms with Crippen molar-refractivity contribution in [2.24, 2.45) is 0 Å². The molecule has 1 heterocycles. The molecule has 0 saturated carbocycles. The number of nitrogens with one attached hydrogen (secondary N) is 1. The van der Waals surface area contributed by atoms with E-state index < -0.39 is 0 Å². The van der Waals surface area contributed by atoms with Gasteiger partial charge in [-0.2, -0.15) is 0 Å². The predicted molar refractivity (Wildman–Crippen MR) is 71.9 cm³/mol. The average molecular weight is 310 g/mol. The minimum Gasteiger partial charge on any atom is -0.387 e. The molecular formula is C12H11IN2. The van der Waals surface area contributed by atoms with E-state index in [1.165, 1.54) is 3.57 Å². The zero-order valence-electron chi connectivity index (χ0n) is 8.37. The number of halogens is 1.